The molecule has 0 unspecified atom stereocenters. The number of hydrogen-bond donors (Lipinski definition) is 0. The summed E-state index contributed by atoms with van der Waals surface area (Å²) in [6.07, 6.45) is 6.78. The topological polar surface area (TPSA) is 50.6 Å². The Kier molecular flexibility index (Phi) is 6.05. The molecule has 0 radical (unpaired) electrons. The zero-order valence-corrected chi connectivity index (χ0v) is 18.1. The first-order chi connectivity index (χ1) is 15.2. The van der Waals surface area contributed by atoms with Gasteiger partial charge in [0.2, 0.25) is 0 Å². The Morgan fingerprint density at radius 2 is 1.81 bits per heavy atom. The molecule has 2 fully saturated rings. The van der Waals surface area contributed by atoms with Crippen molar-refractivity contribution in [3.05, 3.63) is 52.6 Å². The zero-order valence-electron chi connectivity index (χ0n) is 18.1. The molecule has 3 aliphatic heterocycles. The molecule has 1 amide bonds. The van der Waals surface area contributed by atoms with Gasteiger partial charge in [0.15, 0.2) is 5.69 Å². The second-order valence-corrected chi connectivity index (χ2v) is 8.98. The predicted octanol–water partition coefficient (Wildman–Crippen LogP) is 3.23. The minimum Gasteiger partial charge on any atom is -0.376 e. The van der Waals surface area contributed by atoms with E-state index < -0.39 is 0 Å². The van der Waals surface area contributed by atoms with Crippen molar-refractivity contribution in [1.29, 1.82) is 0 Å². The molecule has 2 saturated heterocycles. The van der Waals surface area contributed by atoms with Crippen molar-refractivity contribution in [3.63, 3.8) is 0 Å². The number of benzene rings is 1. The van der Waals surface area contributed by atoms with Gasteiger partial charge in [-0.3, -0.25) is 9.48 Å². The summed E-state index contributed by atoms with van der Waals surface area (Å²) in [6, 6.07) is 7.09. The normalized spacial score (nSPS) is 20.6. The van der Waals surface area contributed by atoms with Crippen LogP contribution < -0.4 is 0 Å². The molecule has 0 atom stereocenters. The third-order valence-electron chi connectivity index (χ3n) is 7.00. The second-order valence-electron chi connectivity index (χ2n) is 8.98. The molecule has 0 spiro atoms. The van der Waals surface area contributed by atoms with Crippen LogP contribution in [0.3, 0.4) is 0 Å². The molecule has 31 heavy (non-hydrogen) atoms. The second kappa shape index (κ2) is 9.09. The van der Waals surface area contributed by atoms with Crippen LogP contribution in [0.5, 0.6) is 0 Å². The SMILES string of the molecule is O=C(c1nn(Cc2ccc(F)cc2)c2c1COCC2)N1CCC(N2CCCCC2)CC1. The van der Waals surface area contributed by atoms with Gasteiger partial charge in [0.1, 0.15) is 5.82 Å². The summed E-state index contributed by atoms with van der Waals surface area (Å²) in [5.41, 5.74) is 3.51. The minimum absolute atomic E-state index is 0.0247. The molecule has 7 heteroatoms. The maximum Gasteiger partial charge on any atom is 0.274 e. The molecule has 1 aromatic heterocycles. The number of hydrogen-bond acceptors (Lipinski definition) is 4. The van der Waals surface area contributed by atoms with Crippen LogP contribution in [0.4, 0.5) is 4.39 Å². The van der Waals surface area contributed by atoms with Crippen LogP contribution in [0.25, 0.3) is 0 Å². The third-order valence-corrected chi connectivity index (χ3v) is 7.00. The Morgan fingerprint density at radius 3 is 2.55 bits per heavy atom. The number of halogens is 1. The number of fused-ring (bicyclic) bond motifs is 1. The van der Waals surface area contributed by atoms with Gasteiger partial charge < -0.3 is 14.5 Å². The highest BCUT2D eigenvalue weighted by molar-refractivity contribution is 5.94. The van der Waals surface area contributed by atoms with E-state index in [9.17, 15) is 9.18 Å². The molecule has 166 valence electrons. The van der Waals surface area contributed by atoms with Crippen LogP contribution in [0, 0.1) is 5.82 Å². The van der Waals surface area contributed by atoms with Crippen molar-refractivity contribution >= 4 is 5.91 Å². The lowest BCUT2D eigenvalue weighted by molar-refractivity contribution is 0.0576. The van der Waals surface area contributed by atoms with E-state index in [1.165, 1.54) is 44.5 Å². The van der Waals surface area contributed by atoms with E-state index in [1.54, 1.807) is 12.1 Å². The molecule has 6 nitrogen and oxygen atoms in total. The van der Waals surface area contributed by atoms with E-state index in [0.717, 1.165) is 49.2 Å². The highest BCUT2D eigenvalue weighted by Gasteiger charge is 2.32. The van der Waals surface area contributed by atoms with E-state index in [1.807, 2.05) is 9.58 Å². The number of aromatic nitrogens is 2. The standard InChI is InChI=1S/C24H31FN4O2/c25-19-6-4-18(5-7-19)16-29-22-10-15-31-17-21(22)23(26-29)24(30)28-13-8-20(9-14-28)27-11-2-1-3-12-27/h4-7,20H,1-3,8-17H2. The van der Waals surface area contributed by atoms with Crippen molar-refractivity contribution in [2.75, 3.05) is 32.8 Å². The van der Waals surface area contributed by atoms with Gasteiger partial charge in [0.25, 0.3) is 5.91 Å². The van der Waals surface area contributed by atoms with Gasteiger partial charge in [-0.15, -0.1) is 0 Å². The lowest BCUT2D eigenvalue weighted by Crippen LogP contribution is -2.48. The van der Waals surface area contributed by atoms with E-state index in [2.05, 4.69) is 4.90 Å². The van der Waals surface area contributed by atoms with Crippen molar-refractivity contribution in [2.45, 2.75) is 57.7 Å². The molecule has 2 aromatic rings. The molecule has 0 bridgehead atoms. The van der Waals surface area contributed by atoms with Crippen LogP contribution in [-0.2, 0) is 24.3 Å². The van der Waals surface area contributed by atoms with Crippen molar-refractivity contribution in [2.24, 2.45) is 0 Å². The molecule has 1 aromatic carbocycles. The average molecular weight is 427 g/mol. The lowest BCUT2D eigenvalue weighted by Gasteiger charge is -2.40. The maximum absolute atomic E-state index is 13.4. The number of ether oxygens (including phenoxy) is 1. The van der Waals surface area contributed by atoms with E-state index in [0.29, 0.717) is 31.5 Å². The van der Waals surface area contributed by atoms with Crippen LogP contribution in [0.2, 0.25) is 0 Å². The average Bonchev–Trinajstić information content (AvgIpc) is 3.19. The van der Waals surface area contributed by atoms with Gasteiger partial charge in [0.05, 0.1) is 19.8 Å². The lowest BCUT2D eigenvalue weighted by atomic mass is 9.99. The van der Waals surface area contributed by atoms with Gasteiger partial charge in [-0.05, 0) is 56.5 Å². The fourth-order valence-corrected chi connectivity index (χ4v) is 5.24. The van der Waals surface area contributed by atoms with Crippen LogP contribution in [0.15, 0.2) is 24.3 Å². The van der Waals surface area contributed by atoms with Gasteiger partial charge in [-0.2, -0.15) is 5.10 Å². The fraction of sp³-hybridized carbons (Fsp3) is 0.583. The monoisotopic (exact) mass is 426 g/mol. The quantitative estimate of drug-likeness (QED) is 0.753. The molecular weight excluding hydrogens is 395 g/mol. The number of carbonyl (C=O) groups is 1. The molecule has 0 aliphatic carbocycles. The van der Waals surface area contributed by atoms with Gasteiger partial charge in [0, 0.05) is 36.8 Å². The number of likely N-dealkylation sites (tertiary alicyclic amines) is 2. The molecule has 4 heterocycles. The van der Waals surface area contributed by atoms with Crippen molar-refractivity contribution in [3.8, 4) is 0 Å². The maximum atomic E-state index is 13.4. The Labute approximate surface area is 183 Å². The first-order valence-electron chi connectivity index (χ1n) is 11.6. The fourth-order valence-electron chi connectivity index (χ4n) is 5.24. The van der Waals surface area contributed by atoms with Gasteiger partial charge in [-0.1, -0.05) is 18.6 Å². The molecular formula is C24H31FN4O2. The summed E-state index contributed by atoms with van der Waals surface area (Å²) < 4.78 is 20.9. The highest BCUT2D eigenvalue weighted by Crippen LogP contribution is 2.26. The summed E-state index contributed by atoms with van der Waals surface area (Å²) in [6.45, 7) is 5.60. The first-order valence-corrected chi connectivity index (χ1v) is 11.6. The smallest absolute Gasteiger partial charge is 0.274 e. The summed E-state index contributed by atoms with van der Waals surface area (Å²) in [5.74, 6) is -0.222. The van der Waals surface area contributed by atoms with Crippen molar-refractivity contribution in [1.82, 2.24) is 19.6 Å². The largest absolute Gasteiger partial charge is 0.376 e. The number of nitrogens with zero attached hydrogens (tertiary/aromatic N) is 4. The zero-order chi connectivity index (χ0) is 21.2. The number of carbonyl (C=O) groups excluding carboxylic acids is 1. The summed E-state index contributed by atoms with van der Waals surface area (Å²) in [5, 5.41) is 4.73. The Hall–Kier alpha value is -2.25. The Balaban J connectivity index is 1.31. The summed E-state index contributed by atoms with van der Waals surface area (Å²) >= 11 is 0. The highest BCUT2D eigenvalue weighted by atomic mass is 19.1. The molecule has 5 rings (SSSR count). The van der Waals surface area contributed by atoms with Crippen molar-refractivity contribution < 1.29 is 13.9 Å². The first kappa shape index (κ1) is 20.6. The van der Waals surface area contributed by atoms with Gasteiger partial charge in [-0.25, -0.2) is 4.39 Å². The van der Waals surface area contributed by atoms with E-state index in [-0.39, 0.29) is 11.7 Å². The third kappa shape index (κ3) is 4.39. The number of piperidine rings is 2. The van der Waals surface area contributed by atoms with Crippen LogP contribution in [0.1, 0.15) is 59.4 Å². The molecule has 3 aliphatic rings. The van der Waals surface area contributed by atoms with E-state index in [4.69, 9.17) is 9.84 Å². The van der Waals surface area contributed by atoms with Crippen LogP contribution >= 0.6 is 0 Å². The van der Waals surface area contributed by atoms with Gasteiger partial charge >= 0.3 is 0 Å². The van der Waals surface area contributed by atoms with Crippen LogP contribution in [-0.4, -0.2) is 64.3 Å². The van der Waals surface area contributed by atoms with E-state index >= 15 is 0 Å². The Morgan fingerprint density at radius 1 is 1.06 bits per heavy atom. The minimum atomic E-state index is -0.247. The number of rotatable bonds is 4. The molecule has 0 saturated carbocycles. The molecule has 0 N–H and O–H groups in total. The summed E-state index contributed by atoms with van der Waals surface area (Å²) in [7, 11) is 0. The Bertz CT molecular complexity index is 912. The number of amides is 1. The predicted molar refractivity (Wildman–Crippen MR) is 115 cm³/mol. The summed E-state index contributed by atoms with van der Waals surface area (Å²) in [4.78, 5) is 18.0.